The number of carboxylic acid groups (broad SMARTS) is 1. The molecule has 0 radical (unpaired) electrons. The average molecular weight is 467 g/mol. The van der Waals surface area contributed by atoms with Gasteiger partial charge in [0.1, 0.15) is 14.1 Å². The summed E-state index contributed by atoms with van der Waals surface area (Å²) in [6.45, 7) is 9.88. The molecule has 0 saturated heterocycles. The van der Waals surface area contributed by atoms with E-state index in [1.54, 1.807) is 0 Å². The Bertz CT molecular complexity index is 872. The van der Waals surface area contributed by atoms with Crippen LogP contribution in [0, 0.1) is 11.5 Å². The zero-order valence-corrected chi connectivity index (χ0v) is 18.5. The lowest BCUT2D eigenvalue weighted by molar-refractivity contribution is -0.143. The first-order valence-corrected chi connectivity index (χ1v) is 12.1. The van der Waals surface area contributed by atoms with Gasteiger partial charge in [0.25, 0.3) is 5.91 Å². The maximum atomic E-state index is 13.0. The summed E-state index contributed by atoms with van der Waals surface area (Å²) in [6, 6.07) is -1.24. The summed E-state index contributed by atoms with van der Waals surface area (Å²) in [5.41, 5.74) is -1.26. The average Bonchev–Trinajstić information content (AvgIpc) is 2.57. The first kappa shape index (κ1) is 26.6. The van der Waals surface area contributed by atoms with E-state index >= 15 is 0 Å². The van der Waals surface area contributed by atoms with Crippen molar-refractivity contribution in [2.75, 3.05) is 0 Å². The van der Waals surface area contributed by atoms with Crippen molar-refractivity contribution in [2.45, 2.75) is 63.7 Å². The molecule has 1 aromatic rings. The van der Waals surface area contributed by atoms with Gasteiger partial charge in [-0.2, -0.15) is 26.3 Å². The highest BCUT2D eigenvalue weighted by Gasteiger charge is 2.38. The number of aliphatic carboxylic acids is 1. The molecule has 0 aliphatic heterocycles. The number of hydrogen-bond donors (Lipinski definition) is 2. The zero-order chi connectivity index (χ0) is 24.4. The molecule has 0 saturated carbocycles. The fourth-order valence-electron chi connectivity index (χ4n) is 2.09. The number of rotatable bonds is 4. The smallest absolute Gasteiger partial charge is 0.416 e. The van der Waals surface area contributed by atoms with E-state index in [0.29, 0.717) is 0 Å². The predicted octanol–water partition coefficient (Wildman–Crippen LogP) is 5.35. The zero-order valence-electron chi connectivity index (χ0n) is 17.5. The molecule has 0 bridgehead atoms. The summed E-state index contributed by atoms with van der Waals surface area (Å²) in [5, 5.41) is 11.1. The first-order chi connectivity index (χ1) is 13.8. The molecular weight excluding hydrogens is 444 g/mol. The third-order valence-electron chi connectivity index (χ3n) is 5.04. The quantitative estimate of drug-likeness (QED) is 0.357. The monoisotopic (exact) mass is 467 g/mol. The molecule has 0 fully saturated rings. The molecule has 172 valence electrons. The van der Waals surface area contributed by atoms with Gasteiger partial charge >= 0.3 is 18.3 Å². The van der Waals surface area contributed by atoms with Crippen LogP contribution in [0.2, 0.25) is 18.1 Å². The summed E-state index contributed by atoms with van der Waals surface area (Å²) in [4.78, 5) is 23.7. The van der Waals surface area contributed by atoms with Crippen molar-refractivity contribution in [3.63, 3.8) is 0 Å². The summed E-state index contributed by atoms with van der Waals surface area (Å²) in [6.07, 6.45) is -10.6. The third-order valence-corrected chi connectivity index (χ3v) is 9.59. The van der Waals surface area contributed by atoms with Crippen molar-refractivity contribution >= 4 is 20.0 Å². The van der Waals surface area contributed by atoms with Crippen LogP contribution < -0.4 is 5.32 Å². The second kappa shape index (κ2) is 8.94. The molecule has 2 N–H and O–H groups in total. The van der Waals surface area contributed by atoms with Crippen molar-refractivity contribution in [1.29, 1.82) is 0 Å². The highest BCUT2D eigenvalue weighted by Crippen LogP contribution is 2.36. The molecule has 1 amide bonds. The standard InChI is InChI=1S/C20H23F6NO3Si/c1-18(2,3)31(4,5)8-6-7-15(17(29)30)27-16(28)12-9-13(19(21,22)23)11-14(10-12)20(24,25)26/h9-11,15H,7H2,1-5H3,(H,27,28)(H,29,30)/t15-/m1/s1. The van der Waals surface area contributed by atoms with Crippen molar-refractivity contribution < 1.29 is 41.0 Å². The van der Waals surface area contributed by atoms with Crippen LogP contribution in [0.1, 0.15) is 48.7 Å². The van der Waals surface area contributed by atoms with E-state index in [1.165, 1.54) is 0 Å². The number of alkyl halides is 6. The number of carboxylic acids is 1. The van der Waals surface area contributed by atoms with Gasteiger partial charge in [-0.25, -0.2) is 4.79 Å². The van der Waals surface area contributed by atoms with Gasteiger partial charge in [0.15, 0.2) is 0 Å². The van der Waals surface area contributed by atoms with Gasteiger partial charge in [0.2, 0.25) is 0 Å². The molecule has 1 rings (SSSR count). The number of amides is 1. The van der Waals surface area contributed by atoms with Gasteiger partial charge in [0.05, 0.1) is 11.1 Å². The Kier molecular flexibility index (Phi) is 7.66. The Labute approximate surface area is 177 Å². The molecule has 0 heterocycles. The van der Waals surface area contributed by atoms with Crippen LogP contribution in [-0.2, 0) is 17.1 Å². The van der Waals surface area contributed by atoms with E-state index < -0.39 is 55.0 Å². The predicted molar refractivity (Wildman–Crippen MR) is 105 cm³/mol. The van der Waals surface area contributed by atoms with E-state index in [9.17, 15) is 41.0 Å². The van der Waals surface area contributed by atoms with E-state index in [-0.39, 0.29) is 29.7 Å². The molecule has 0 aliphatic rings. The first-order valence-electron chi connectivity index (χ1n) is 9.09. The lowest BCUT2D eigenvalue weighted by atomic mass is 10.0. The number of halogens is 6. The molecule has 0 aliphatic carbocycles. The van der Waals surface area contributed by atoms with Crippen molar-refractivity contribution in [3.8, 4) is 11.5 Å². The topological polar surface area (TPSA) is 66.4 Å². The molecule has 0 unspecified atom stereocenters. The second-order valence-corrected chi connectivity index (χ2v) is 13.5. The van der Waals surface area contributed by atoms with Gasteiger partial charge in [-0.15, -0.1) is 11.5 Å². The van der Waals surface area contributed by atoms with Crippen LogP contribution >= 0.6 is 0 Å². The number of nitrogens with one attached hydrogen (secondary N) is 1. The second-order valence-electron chi connectivity index (χ2n) is 8.54. The van der Waals surface area contributed by atoms with Gasteiger partial charge in [-0.1, -0.05) is 33.9 Å². The van der Waals surface area contributed by atoms with Gasteiger partial charge in [-0.3, -0.25) is 4.79 Å². The van der Waals surface area contributed by atoms with Crippen molar-refractivity contribution in [3.05, 3.63) is 34.9 Å². The van der Waals surface area contributed by atoms with Gasteiger partial charge in [-0.05, 0) is 23.2 Å². The van der Waals surface area contributed by atoms with Crippen molar-refractivity contribution in [2.24, 2.45) is 0 Å². The maximum absolute atomic E-state index is 13.0. The Morgan fingerprint density at radius 2 is 1.45 bits per heavy atom. The molecule has 11 heteroatoms. The minimum absolute atomic E-state index is 0.115. The van der Waals surface area contributed by atoms with Crippen LogP contribution in [0.3, 0.4) is 0 Å². The summed E-state index contributed by atoms with van der Waals surface area (Å²) in [5.74, 6) is -0.192. The SMILES string of the molecule is CC(C)(C)[Si](C)(C)C#CC[C@@H](NC(=O)c1cc(C(F)(F)F)cc(C(F)(F)F)c1)C(=O)O. The van der Waals surface area contributed by atoms with E-state index in [1.807, 2.05) is 39.2 Å². The summed E-state index contributed by atoms with van der Waals surface area (Å²) < 4.78 is 77.7. The molecular formula is C20H23F6NO3Si. The van der Waals surface area contributed by atoms with Crippen molar-refractivity contribution in [1.82, 2.24) is 5.32 Å². The molecule has 31 heavy (non-hydrogen) atoms. The normalized spacial score (nSPS) is 13.8. The number of carbonyl (C=O) groups is 2. The molecule has 1 aromatic carbocycles. The maximum Gasteiger partial charge on any atom is 0.416 e. The molecule has 4 nitrogen and oxygen atoms in total. The van der Waals surface area contributed by atoms with Crippen LogP contribution in [0.4, 0.5) is 26.3 Å². The third kappa shape index (κ3) is 7.31. The van der Waals surface area contributed by atoms with Crippen LogP contribution in [-0.4, -0.2) is 31.1 Å². The highest BCUT2D eigenvalue weighted by atomic mass is 28.3. The number of carbonyl (C=O) groups excluding carboxylic acids is 1. The Balaban J connectivity index is 3.21. The summed E-state index contributed by atoms with van der Waals surface area (Å²) >= 11 is 0. The van der Waals surface area contributed by atoms with Crippen LogP contribution in [0.5, 0.6) is 0 Å². The van der Waals surface area contributed by atoms with Gasteiger partial charge in [0, 0.05) is 12.0 Å². The van der Waals surface area contributed by atoms with E-state index in [4.69, 9.17) is 0 Å². The van der Waals surface area contributed by atoms with E-state index in [2.05, 4.69) is 11.5 Å². The van der Waals surface area contributed by atoms with Crippen LogP contribution in [0.15, 0.2) is 18.2 Å². The largest absolute Gasteiger partial charge is 0.480 e. The summed E-state index contributed by atoms with van der Waals surface area (Å²) in [7, 11) is -2.08. The number of benzene rings is 1. The fraction of sp³-hybridized carbons (Fsp3) is 0.500. The van der Waals surface area contributed by atoms with Gasteiger partial charge < -0.3 is 10.4 Å². The minimum atomic E-state index is -5.13. The Hall–Kier alpha value is -2.48. The van der Waals surface area contributed by atoms with E-state index in [0.717, 1.165) is 0 Å². The lowest BCUT2D eigenvalue weighted by Crippen LogP contribution is -2.41. The minimum Gasteiger partial charge on any atom is -0.480 e. The Morgan fingerprint density at radius 3 is 1.81 bits per heavy atom. The lowest BCUT2D eigenvalue weighted by Gasteiger charge is -2.31. The molecule has 0 aromatic heterocycles. The molecule has 1 atom stereocenters. The Morgan fingerprint density at radius 1 is 1.00 bits per heavy atom. The highest BCUT2D eigenvalue weighted by molar-refractivity contribution is 6.87. The number of hydrogen-bond acceptors (Lipinski definition) is 2. The fourth-order valence-corrected chi connectivity index (χ4v) is 3.01. The van der Waals surface area contributed by atoms with Crippen LogP contribution in [0.25, 0.3) is 0 Å². The molecule has 0 spiro atoms.